The number of halogens is 2. The molecule has 0 aliphatic carbocycles. The number of hydrogen-bond acceptors (Lipinski definition) is 1. The van der Waals surface area contributed by atoms with Gasteiger partial charge in [0, 0.05) is 18.1 Å². The lowest BCUT2D eigenvalue weighted by Gasteiger charge is -2.44. The van der Waals surface area contributed by atoms with E-state index < -0.39 is 0 Å². The minimum atomic E-state index is 0. The Morgan fingerprint density at radius 1 is 1.00 bits per heavy atom. The van der Waals surface area contributed by atoms with Crippen LogP contribution in [0.3, 0.4) is 0 Å². The van der Waals surface area contributed by atoms with Crippen molar-refractivity contribution in [3.8, 4) is 0 Å². The van der Waals surface area contributed by atoms with Crippen molar-refractivity contribution in [2.24, 2.45) is 0 Å². The highest BCUT2D eigenvalue weighted by Gasteiger charge is 2.32. The number of hydrogen-bond donors (Lipinski definition) is 0. The molecule has 1 heterocycles. The van der Waals surface area contributed by atoms with Crippen molar-refractivity contribution in [1.29, 1.82) is 0 Å². The van der Waals surface area contributed by atoms with Crippen LogP contribution in [0.1, 0.15) is 24.1 Å². The molecule has 1 atom stereocenters. The lowest BCUT2D eigenvalue weighted by Crippen LogP contribution is -3.00. The molecule has 0 saturated carbocycles. The summed E-state index contributed by atoms with van der Waals surface area (Å²) in [5, 5.41) is 0.861. The monoisotopic (exact) mass is 456 g/mol. The Morgan fingerprint density at radius 3 is 2.17 bits per heavy atom. The van der Waals surface area contributed by atoms with Crippen LogP contribution in [0.5, 0.6) is 0 Å². The van der Waals surface area contributed by atoms with E-state index in [1.54, 1.807) is 0 Å². The van der Waals surface area contributed by atoms with Crippen LogP contribution in [0.15, 0.2) is 54.6 Å². The Balaban J connectivity index is 0.00000208. The van der Waals surface area contributed by atoms with Gasteiger partial charge in [-0.3, -0.25) is 4.90 Å². The molecule has 3 rings (SSSR count). The summed E-state index contributed by atoms with van der Waals surface area (Å²) in [4.78, 5) is 2.59. The van der Waals surface area contributed by atoms with Crippen molar-refractivity contribution in [3.05, 3.63) is 70.7 Å². The third-order valence-electron chi connectivity index (χ3n) is 5.30. The molecule has 0 aromatic heterocycles. The minimum Gasteiger partial charge on any atom is -1.00 e. The van der Waals surface area contributed by atoms with Crippen LogP contribution in [-0.4, -0.2) is 49.2 Å². The van der Waals surface area contributed by atoms with Crippen molar-refractivity contribution in [3.63, 3.8) is 0 Å². The fraction of sp³-hybridized carbons (Fsp3) is 0.400. The van der Waals surface area contributed by atoms with Crippen molar-refractivity contribution in [1.82, 2.24) is 4.90 Å². The molecule has 0 bridgehead atoms. The summed E-state index contributed by atoms with van der Waals surface area (Å²) >= 11 is 6.54. The van der Waals surface area contributed by atoms with Gasteiger partial charge in [-0.2, -0.15) is 0 Å². The molecule has 24 heavy (non-hydrogen) atoms. The molecule has 0 radical (unpaired) electrons. The standard InChI is InChI=1S/C20H26ClN2.HI/c1-3-23(2)15-13-22(14-16-23)20(17-9-5-4-6-10-17)18-11-7-8-12-19(18)21;/h4-12,20H,3,13-16H2,1-2H3;1H/q+1;/p-1. The SMILES string of the molecule is CC[N+]1(C)CCN(C(c2ccccc2)c2ccccc2Cl)CC1.[I-]. The zero-order valence-electron chi connectivity index (χ0n) is 14.5. The second-order valence-electron chi connectivity index (χ2n) is 6.75. The Kier molecular flexibility index (Phi) is 7.10. The quantitative estimate of drug-likeness (QED) is 0.494. The summed E-state index contributed by atoms with van der Waals surface area (Å²) < 4.78 is 1.17. The summed E-state index contributed by atoms with van der Waals surface area (Å²) in [5.74, 6) is 0. The molecule has 2 aromatic rings. The van der Waals surface area contributed by atoms with E-state index in [1.165, 1.54) is 35.2 Å². The minimum absolute atomic E-state index is 0. The number of likely N-dealkylation sites (N-methyl/N-ethyl adjacent to an activating group) is 1. The van der Waals surface area contributed by atoms with Gasteiger partial charge in [0.2, 0.25) is 0 Å². The van der Waals surface area contributed by atoms with E-state index in [1.807, 2.05) is 12.1 Å². The predicted octanol–water partition coefficient (Wildman–Crippen LogP) is 1.22. The van der Waals surface area contributed by atoms with Crippen LogP contribution < -0.4 is 24.0 Å². The van der Waals surface area contributed by atoms with Gasteiger partial charge in [-0.25, -0.2) is 0 Å². The highest BCUT2D eigenvalue weighted by Crippen LogP contribution is 2.34. The van der Waals surface area contributed by atoms with Gasteiger partial charge in [0.15, 0.2) is 0 Å². The van der Waals surface area contributed by atoms with E-state index in [4.69, 9.17) is 11.6 Å². The molecule has 1 saturated heterocycles. The topological polar surface area (TPSA) is 3.24 Å². The number of nitrogens with zero attached hydrogens (tertiary/aromatic N) is 2. The van der Waals surface area contributed by atoms with Gasteiger partial charge in [-0.1, -0.05) is 60.1 Å². The summed E-state index contributed by atoms with van der Waals surface area (Å²) in [5.41, 5.74) is 2.54. The van der Waals surface area contributed by atoms with Gasteiger partial charge < -0.3 is 28.5 Å². The van der Waals surface area contributed by atoms with E-state index in [0.717, 1.165) is 18.1 Å². The van der Waals surface area contributed by atoms with Gasteiger partial charge in [-0.15, -0.1) is 0 Å². The van der Waals surface area contributed by atoms with Gasteiger partial charge in [-0.05, 0) is 24.1 Å². The van der Waals surface area contributed by atoms with Gasteiger partial charge in [0.25, 0.3) is 0 Å². The maximum Gasteiger partial charge on any atom is 0.0914 e. The third kappa shape index (κ3) is 4.31. The molecule has 2 nitrogen and oxygen atoms in total. The summed E-state index contributed by atoms with van der Waals surface area (Å²) in [6.45, 7) is 8.10. The van der Waals surface area contributed by atoms with Crippen LogP contribution in [0, 0.1) is 0 Å². The number of benzene rings is 2. The maximum atomic E-state index is 6.54. The van der Waals surface area contributed by atoms with Crippen LogP contribution in [0.2, 0.25) is 5.02 Å². The summed E-state index contributed by atoms with van der Waals surface area (Å²) in [6.07, 6.45) is 0. The largest absolute Gasteiger partial charge is 1.00 e. The molecule has 0 N–H and O–H groups in total. The average Bonchev–Trinajstić information content (AvgIpc) is 2.60. The van der Waals surface area contributed by atoms with Gasteiger partial charge in [0.1, 0.15) is 0 Å². The van der Waals surface area contributed by atoms with Crippen LogP contribution in [-0.2, 0) is 0 Å². The fourth-order valence-electron chi connectivity index (χ4n) is 3.46. The normalized spacial score (nSPS) is 18.6. The molecule has 1 aliphatic rings. The first-order valence-corrected chi connectivity index (χ1v) is 8.88. The zero-order valence-corrected chi connectivity index (χ0v) is 17.4. The molecule has 0 amide bonds. The molecule has 4 heteroatoms. The molecular weight excluding hydrogens is 431 g/mol. The van der Waals surface area contributed by atoms with Gasteiger partial charge >= 0.3 is 0 Å². The summed E-state index contributed by atoms with van der Waals surface area (Å²) in [6, 6.07) is 19.3. The molecule has 130 valence electrons. The Labute approximate surface area is 168 Å². The van der Waals surface area contributed by atoms with Crippen molar-refractivity contribution < 1.29 is 28.5 Å². The van der Waals surface area contributed by atoms with Crippen molar-refractivity contribution in [2.45, 2.75) is 13.0 Å². The first-order chi connectivity index (χ1) is 11.1. The molecular formula is C20H26ClIN2. The van der Waals surface area contributed by atoms with E-state index in [2.05, 4.69) is 61.3 Å². The van der Waals surface area contributed by atoms with Crippen LogP contribution in [0.25, 0.3) is 0 Å². The maximum absolute atomic E-state index is 6.54. The van der Waals surface area contributed by atoms with E-state index in [-0.39, 0.29) is 30.0 Å². The molecule has 1 aliphatic heterocycles. The molecule has 1 fully saturated rings. The average molecular weight is 457 g/mol. The molecule has 2 aromatic carbocycles. The Morgan fingerprint density at radius 2 is 1.58 bits per heavy atom. The third-order valence-corrected chi connectivity index (χ3v) is 5.64. The first kappa shape index (κ1) is 19.7. The van der Waals surface area contributed by atoms with Crippen molar-refractivity contribution in [2.75, 3.05) is 39.8 Å². The van der Waals surface area contributed by atoms with Crippen LogP contribution in [0.4, 0.5) is 0 Å². The van der Waals surface area contributed by atoms with Crippen LogP contribution >= 0.6 is 11.6 Å². The zero-order chi connectivity index (χ0) is 16.3. The number of rotatable bonds is 4. The fourth-order valence-corrected chi connectivity index (χ4v) is 3.70. The highest BCUT2D eigenvalue weighted by atomic mass is 127. The van der Waals surface area contributed by atoms with E-state index >= 15 is 0 Å². The van der Waals surface area contributed by atoms with E-state index in [0.29, 0.717) is 0 Å². The number of piperazine rings is 1. The summed E-state index contributed by atoms with van der Waals surface area (Å²) in [7, 11) is 2.37. The Hall–Kier alpha value is -0.620. The second kappa shape index (κ2) is 8.65. The van der Waals surface area contributed by atoms with Gasteiger partial charge in [0.05, 0.1) is 32.7 Å². The smallest absolute Gasteiger partial charge is 0.0914 e. The molecule has 1 unspecified atom stereocenters. The predicted molar refractivity (Wildman–Crippen MR) is 97.8 cm³/mol. The first-order valence-electron chi connectivity index (χ1n) is 8.50. The second-order valence-corrected chi connectivity index (χ2v) is 7.16. The number of quaternary nitrogens is 1. The van der Waals surface area contributed by atoms with E-state index in [9.17, 15) is 0 Å². The lowest BCUT2D eigenvalue weighted by atomic mass is 9.96. The highest BCUT2D eigenvalue weighted by molar-refractivity contribution is 6.31. The lowest BCUT2D eigenvalue weighted by molar-refractivity contribution is -0.912. The van der Waals surface area contributed by atoms with Crippen molar-refractivity contribution >= 4 is 11.6 Å². The Bertz CT molecular complexity index is 639. The molecule has 0 spiro atoms.